The summed E-state index contributed by atoms with van der Waals surface area (Å²) in [5.74, 6) is 1.10. The highest BCUT2D eigenvalue weighted by atomic mass is 35.5. The molecule has 2 nitrogen and oxygen atoms in total. The van der Waals surface area contributed by atoms with Crippen LogP contribution in [-0.2, 0) is 0 Å². The highest BCUT2D eigenvalue weighted by molar-refractivity contribution is 7.12. The van der Waals surface area contributed by atoms with Crippen LogP contribution < -0.4 is 5.32 Å². The number of rotatable bonds is 3. The average Bonchev–Trinajstić information content (AvgIpc) is 2.79. The second-order valence-corrected chi connectivity index (χ2v) is 6.74. The summed E-state index contributed by atoms with van der Waals surface area (Å²) in [6, 6.07) is 1.75. The van der Waals surface area contributed by atoms with Gasteiger partial charge in [0, 0.05) is 5.88 Å². The van der Waals surface area contributed by atoms with Crippen LogP contribution in [0.5, 0.6) is 0 Å². The second-order valence-electron chi connectivity index (χ2n) is 5.15. The molecule has 1 aromatic heterocycles. The Morgan fingerprint density at radius 3 is 2.72 bits per heavy atom. The van der Waals surface area contributed by atoms with Crippen LogP contribution in [0.1, 0.15) is 42.3 Å². The van der Waals surface area contributed by atoms with E-state index in [-0.39, 0.29) is 11.4 Å². The Hall–Kier alpha value is -0.250. The molecular weight excluding hydrogens is 289 g/mol. The monoisotopic (exact) mass is 305 g/mol. The number of carbonyl (C=O) groups excluding carboxylic acids is 1. The molecule has 100 valence electrons. The minimum atomic E-state index is -0.252. The molecule has 0 bridgehead atoms. The molecule has 1 saturated carbocycles. The van der Waals surface area contributed by atoms with E-state index in [0.717, 1.165) is 31.6 Å². The van der Waals surface area contributed by atoms with Gasteiger partial charge in [-0.3, -0.25) is 4.79 Å². The summed E-state index contributed by atoms with van der Waals surface area (Å²) < 4.78 is 0. The van der Waals surface area contributed by atoms with Gasteiger partial charge >= 0.3 is 0 Å². The lowest BCUT2D eigenvalue weighted by Gasteiger charge is -2.38. The van der Waals surface area contributed by atoms with E-state index in [1.165, 1.54) is 11.3 Å². The minimum absolute atomic E-state index is 0.0924. The fraction of sp³-hybridized carbons (Fsp3) is 0.615. The maximum absolute atomic E-state index is 12.2. The largest absolute Gasteiger partial charge is 0.345 e. The summed E-state index contributed by atoms with van der Waals surface area (Å²) in [5.41, 5.74) is -0.252. The van der Waals surface area contributed by atoms with Gasteiger partial charge in [0.15, 0.2) is 0 Å². The average molecular weight is 306 g/mol. The third-order valence-corrected chi connectivity index (χ3v) is 5.54. The van der Waals surface area contributed by atoms with E-state index in [2.05, 4.69) is 12.2 Å². The number of hydrogen-bond donors (Lipinski definition) is 1. The van der Waals surface area contributed by atoms with E-state index in [9.17, 15) is 4.79 Å². The third kappa shape index (κ3) is 3.01. The molecule has 1 N–H and O–H groups in total. The molecule has 0 unspecified atom stereocenters. The van der Waals surface area contributed by atoms with Crippen LogP contribution in [-0.4, -0.2) is 17.3 Å². The first-order chi connectivity index (χ1) is 8.56. The van der Waals surface area contributed by atoms with Crippen LogP contribution in [0.15, 0.2) is 11.4 Å². The Morgan fingerprint density at radius 1 is 1.56 bits per heavy atom. The van der Waals surface area contributed by atoms with Crippen LogP contribution in [0.2, 0.25) is 5.02 Å². The van der Waals surface area contributed by atoms with Crippen molar-refractivity contribution in [2.75, 3.05) is 5.88 Å². The quantitative estimate of drug-likeness (QED) is 0.828. The van der Waals surface area contributed by atoms with Gasteiger partial charge in [-0.25, -0.2) is 0 Å². The summed E-state index contributed by atoms with van der Waals surface area (Å²) in [5, 5.41) is 5.45. The van der Waals surface area contributed by atoms with Crippen molar-refractivity contribution < 1.29 is 4.79 Å². The van der Waals surface area contributed by atoms with Crippen molar-refractivity contribution in [3.05, 3.63) is 21.3 Å². The van der Waals surface area contributed by atoms with Gasteiger partial charge in [0.1, 0.15) is 4.88 Å². The number of carbonyl (C=O) groups is 1. The van der Waals surface area contributed by atoms with Crippen molar-refractivity contribution >= 4 is 40.4 Å². The topological polar surface area (TPSA) is 29.1 Å². The molecule has 0 spiro atoms. The Labute approximate surface area is 122 Å². The summed E-state index contributed by atoms with van der Waals surface area (Å²) in [6.07, 6.45) is 4.13. The number of nitrogens with one attached hydrogen (secondary N) is 1. The fourth-order valence-corrected chi connectivity index (χ4v) is 3.73. The third-order valence-electron chi connectivity index (χ3n) is 3.69. The summed E-state index contributed by atoms with van der Waals surface area (Å²) >= 11 is 13.4. The molecule has 0 atom stereocenters. The van der Waals surface area contributed by atoms with Crippen LogP contribution in [0.4, 0.5) is 0 Å². The molecule has 0 aliphatic heterocycles. The van der Waals surface area contributed by atoms with Crippen molar-refractivity contribution in [1.82, 2.24) is 5.32 Å². The molecule has 1 aliphatic rings. The van der Waals surface area contributed by atoms with Gasteiger partial charge in [-0.1, -0.05) is 18.5 Å². The normalized spacial score (nSPS) is 28.1. The molecule has 1 amide bonds. The van der Waals surface area contributed by atoms with Crippen LogP contribution in [0.25, 0.3) is 0 Å². The van der Waals surface area contributed by atoms with E-state index in [1.54, 1.807) is 6.07 Å². The summed E-state index contributed by atoms with van der Waals surface area (Å²) in [4.78, 5) is 12.8. The zero-order valence-electron chi connectivity index (χ0n) is 10.3. The Balaban J connectivity index is 2.07. The predicted molar refractivity (Wildman–Crippen MR) is 77.9 cm³/mol. The lowest BCUT2D eigenvalue weighted by atomic mass is 9.78. The van der Waals surface area contributed by atoms with Crippen molar-refractivity contribution in [3.8, 4) is 0 Å². The highest BCUT2D eigenvalue weighted by Crippen LogP contribution is 2.33. The van der Waals surface area contributed by atoms with E-state index < -0.39 is 0 Å². The molecule has 2 rings (SSSR count). The molecule has 1 heterocycles. The highest BCUT2D eigenvalue weighted by Gasteiger charge is 2.35. The van der Waals surface area contributed by atoms with Crippen LogP contribution >= 0.6 is 34.5 Å². The zero-order chi connectivity index (χ0) is 13.2. The van der Waals surface area contributed by atoms with Crippen molar-refractivity contribution in [1.29, 1.82) is 0 Å². The molecule has 1 aliphatic carbocycles. The molecule has 0 saturated heterocycles. The zero-order valence-corrected chi connectivity index (χ0v) is 12.7. The second kappa shape index (κ2) is 5.81. The fourth-order valence-electron chi connectivity index (χ4n) is 2.36. The maximum Gasteiger partial charge on any atom is 0.263 e. The smallest absolute Gasteiger partial charge is 0.263 e. The van der Waals surface area contributed by atoms with Gasteiger partial charge < -0.3 is 5.32 Å². The summed E-state index contributed by atoms with van der Waals surface area (Å²) in [7, 11) is 0. The minimum Gasteiger partial charge on any atom is -0.345 e. The molecule has 0 radical (unpaired) electrons. The van der Waals surface area contributed by atoms with Gasteiger partial charge in [0.25, 0.3) is 5.91 Å². The molecule has 1 aromatic rings. The first-order valence-corrected chi connectivity index (χ1v) is 7.97. The molecule has 0 aromatic carbocycles. The van der Waals surface area contributed by atoms with E-state index >= 15 is 0 Å². The van der Waals surface area contributed by atoms with Gasteiger partial charge in [0.05, 0.1) is 10.6 Å². The molecule has 5 heteroatoms. The van der Waals surface area contributed by atoms with Crippen molar-refractivity contribution in [3.63, 3.8) is 0 Å². The lowest BCUT2D eigenvalue weighted by Crippen LogP contribution is -2.52. The first kappa shape index (κ1) is 14.2. The standard InChI is InChI=1S/C13H17Cl2NOS/c1-9-2-5-13(8-14,6-3-9)16-12(17)11-10(15)4-7-18-11/h4,7,9H,2-3,5-6,8H2,1H3,(H,16,17). The Bertz CT molecular complexity index is 424. The van der Waals surface area contributed by atoms with Crippen molar-refractivity contribution in [2.45, 2.75) is 38.1 Å². The molecule has 18 heavy (non-hydrogen) atoms. The van der Waals surface area contributed by atoms with Crippen LogP contribution in [0.3, 0.4) is 0 Å². The Kier molecular flexibility index (Phi) is 4.57. The predicted octanol–water partition coefficient (Wildman–Crippen LogP) is 4.32. The number of halogens is 2. The number of amides is 1. The van der Waals surface area contributed by atoms with Gasteiger partial charge in [-0.2, -0.15) is 0 Å². The van der Waals surface area contributed by atoms with Gasteiger partial charge in [-0.05, 0) is 43.0 Å². The number of alkyl halides is 1. The number of hydrogen-bond acceptors (Lipinski definition) is 2. The number of thiophene rings is 1. The SMILES string of the molecule is CC1CCC(CCl)(NC(=O)c2sccc2Cl)CC1. The maximum atomic E-state index is 12.2. The van der Waals surface area contributed by atoms with Gasteiger partial charge in [-0.15, -0.1) is 22.9 Å². The van der Waals surface area contributed by atoms with Crippen LogP contribution in [0, 0.1) is 5.92 Å². The van der Waals surface area contributed by atoms with E-state index in [0.29, 0.717) is 15.8 Å². The van der Waals surface area contributed by atoms with E-state index in [4.69, 9.17) is 23.2 Å². The van der Waals surface area contributed by atoms with E-state index in [1.807, 2.05) is 5.38 Å². The first-order valence-electron chi connectivity index (χ1n) is 6.18. The molecular formula is C13H17Cl2NOS. The molecule has 1 fully saturated rings. The van der Waals surface area contributed by atoms with Crippen molar-refractivity contribution in [2.24, 2.45) is 5.92 Å². The lowest BCUT2D eigenvalue weighted by molar-refractivity contribution is 0.0877. The summed E-state index contributed by atoms with van der Waals surface area (Å²) in [6.45, 7) is 2.25. The Morgan fingerprint density at radius 2 is 2.22 bits per heavy atom. The van der Waals surface area contributed by atoms with Gasteiger partial charge in [0.2, 0.25) is 0 Å².